The van der Waals surface area contributed by atoms with E-state index in [0.717, 1.165) is 18.9 Å². The van der Waals surface area contributed by atoms with Crippen LogP contribution in [0.1, 0.15) is 24.6 Å². The van der Waals surface area contributed by atoms with Gasteiger partial charge in [-0.2, -0.15) is 4.80 Å². The van der Waals surface area contributed by atoms with Crippen LogP contribution in [0.3, 0.4) is 0 Å². The molecule has 2 rings (SSSR count). The number of hydrogen-bond donors (Lipinski definition) is 1. The van der Waals surface area contributed by atoms with Crippen LogP contribution in [0.5, 0.6) is 0 Å². The van der Waals surface area contributed by atoms with E-state index in [1.165, 1.54) is 12.8 Å². The second-order valence-corrected chi connectivity index (χ2v) is 3.12. The first-order chi connectivity index (χ1) is 5.90. The maximum atomic E-state index is 4.26. The normalized spacial score (nSPS) is 16.8. The van der Waals surface area contributed by atoms with E-state index >= 15 is 0 Å². The van der Waals surface area contributed by atoms with Crippen LogP contribution in [-0.4, -0.2) is 33.8 Å². The highest BCUT2D eigenvalue weighted by molar-refractivity contribution is 5.00. The van der Waals surface area contributed by atoms with Gasteiger partial charge in [0.1, 0.15) is 0 Å². The van der Waals surface area contributed by atoms with Crippen LogP contribution in [-0.2, 0) is 6.54 Å². The van der Waals surface area contributed by atoms with Crippen molar-refractivity contribution in [2.24, 2.45) is 0 Å². The minimum Gasteiger partial charge on any atom is -0.318 e. The van der Waals surface area contributed by atoms with Crippen molar-refractivity contribution in [3.63, 3.8) is 0 Å². The molecule has 1 fully saturated rings. The van der Waals surface area contributed by atoms with Gasteiger partial charge >= 0.3 is 0 Å². The molecule has 1 saturated carbocycles. The van der Waals surface area contributed by atoms with Crippen molar-refractivity contribution in [1.29, 1.82) is 0 Å². The third-order valence-electron chi connectivity index (χ3n) is 1.97. The summed E-state index contributed by atoms with van der Waals surface area (Å²) in [5, 5.41) is 15.2. The first-order valence-corrected chi connectivity index (χ1v) is 4.32. The van der Waals surface area contributed by atoms with Crippen LogP contribution >= 0.6 is 0 Å². The van der Waals surface area contributed by atoms with Crippen molar-refractivity contribution in [1.82, 2.24) is 25.5 Å². The molecule has 0 aromatic carbocycles. The molecule has 66 valence electrons. The number of nitrogens with one attached hydrogen (secondary N) is 1. The topological polar surface area (TPSA) is 55.6 Å². The summed E-state index contributed by atoms with van der Waals surface area (Å²) in [5.74, 6) is 1.53. The van der Waals surface area contributed by atoms with Gasteiger partial charge in [-0.05, 0) is 25.1 Å². The first-order valence-electron chi connectivity index (χ1n) is 4.32. The SMILES string of the molecule is CNCCn1nnc(C2CC2)n1. The van der Waals surface area contributed by atoms with E-state index in [-0.39, 0.29) is 0 Å². The van der Waals surface area contributed by atoms with E-state index in [4.69, 9.17) is 0 Å². The van der Waals surface area contributed by atoms with Gasteiger partial charge in [-0.25, -0.2) is 0 Å². The molecule has 0 bridgehead atoms. The van der Waals surface area contributed by atoms with Crippen molar-refractivity contribution in [2.45, 2.75) is 25.3 Å². The summed E-state index contributed by atoms with van der Waals surface area (Å²) in [5.41, 5.74) is 0. The van der Waals surface area contributed by atoms with Crippen LogP contribution in [0.4, 0.5) is 0 Å². The van der Waals surface area contributed by atoms with Crippen molar-refractivity contribution in [3.05, 3.63) is 5.82 Å². The van der Waals surface area contributed by atoms with Crippen LogP contribution < -0.4 is 5.32 Å². The Morgan fingerprint density at radius 1 is 1.58 bits per heavy atom. The third-order valence-corrected chi connectivity index (χ3v) is 1.97. The second kappa shape index (κ2) is 3.18. The smallest absolute Gasteiger partial charge is 0.177 e. The summed E-state index contributed by atoms with van der Waals surface area (Å²) in [6, 6.07) is 0. The first kappa shape index (κ1) is 7.67. The molecular formula is C7H13N5. The van der Waals surface area contributed by atoms with E-state index in [1.807, 2.05) is 7.05 Å². The highest BCUT2D eigenvalue weighted by atomic mass is 15.6. The Kier molecular flexibility index (Phi) is 2.03. The molecule has 0 spiro atoms. The number of likely N-dealkylation sites (N-methyl/N-ethyl adjacent to an activating group) is 1. The minimum atomic E-state index is 0.605. The summed E-state index contributed by atoms with van der Waals surface area (Å²) in [6.45, 7) is 1.69. The van der Waals surface area contributed by atoms with Gasteiger partial charge in [0.2, 0.25) is 0 Å². The molecule has 0 saturated heterocycles. The molecule has 1 aliphatic rings. The minimum absolute atomic E-state index is 0.605. The number of rotatable bonds is 4. The van der Waals surface area contributed by atoms with Gasteiger partial charge in [0, 0.05) is 12.5 Å². The van der Waals surface area contributed by atoms with Crippen LogP contribution in [0.2, 0.25) is 0 Å². The number of hydrogen-bond acceptors (Lipinski definition) is 4. The van der Waals surface area contributed by atoms with Gasteiger partial charge in [0.05, 0.1) is 6.54 Å². The highest BCUT2D eigenvalue weighted by Gasteiger charge is 2.28. The average Bonchev–Trinajstić information content (AvgIpc) is 2.83. The van der Waals surface area contributed by atoms with Crippen molar-refractivity contribution in [2.75, 3.05) is 13.6 Å². The Balaban J connectivity index is 1.93. The van der Waals surface area contributed by atoms with E-state index in [1.54, 1.807) is 4.80 Å². The van der Waals surface area contributed by atoms with Crippen molar-refractivity contribution < 1.29 is 0 Å². The second-order valence-electron chi connectivity index (χ2n) is 3.12. The molecule has 1 N–H and O–H groups in total. The van der Waals surface area contributed by atoms with Gasteiger partial charge in [-0.1, -0.05) is 0 Å². The van der Waals surface area contributed by atoms with E-state index in [9.17, 15) is 0 Å². The Morgan fingerprint density at radius 2 is 2.42 bits per heavy atom. The van der Waals surface area contributed by atoms with Crippen LogP contribution in [0.25, 0.3) is 0 Å². The van der Waals surface area contributed by atoms with E-state index < -0.39 is 0 Å². The molecular weight excluding hydrogens is 154 g/mol. The fraction of sp³-hybridized carbons (Fsp3) is 0.857. The quantitative estimate of drug-likeness (QED) is 0.673. The summed E-state index contributed by atoms with van der Waals surface area (Å²) < 4.78 is 0. The van der Waals surface area contributed by atoms with Gasteiger partial charge in [-0.3, -0.25) is 0 Å². The summed E-state index contributed by atoms with van der Waals surface area (Å²) in [4.78, 5) is 1.66. The van der Waals surface area contributed by atoms with Gasteiger partial charge in [-0.15, -0.1) is 10.2 Å². The fourth-order valence-corrected chi connectivity index (χ4v) is 1.07. The zero-order valence-corrected chi connectivity index (χ0v) is 7.19. The molecule has 1 aromatic heterocycles. The number of tetrazole rings is 1. The Hall–Kier alpha value is -0.970. The molecule has 12 heavy (non-hydrogen) atoms. The molecule has 1 heterocycles. The molecule has 0 radical (unpaired) electrons. The number of nitrogens with zero attached hydrogens (tertiary/aromatic N) is 4. The fourth-order valence-electron chi connectivity index (χ4n) is 1.07. The molecule has 0 aliphatic heterocycles. The lowest BCUT2D eigenvalue weighted by Crippen LogP contribution is -2.16. The Morgan fingerprint density at radius 3 is 3.08 bits per heavy atom. The van der Waals surface area contributed by atoms with Gasteiger partial charge < -0.3 is 5.32 Å². The third kappa shape index (κ3) is 1.61. The predicted octanol–water partition coefficient (Wildman–Crippen LogP) is -0.230. The lowest BCUT2D eigenvalue weighted by Gasteiger charge is -1.95. The predicted molar refractivity (Wildman–Crippen MR) is 43.7 cm³/mol. The maximum absolute atomic E-state index is 4.26. The van der Waals surface area contributed by atoms with E-state index in [2.05, 4.69) is 20.7 Å². The summed E-state index contributed by atoms with van der Waals surface area (Å²) >= 11 is 0. The molecule has 5 nitrogen and oxygen atoms in total. The lowest BCUT2D eigenvalue weighted by molar-refractivity contribution is 0.506. The average molecular weight is 167 g/mol. The van der Waals surface area contributed by atoms with Gasteiger partial charge in [0.15, 0.2) is 5.82 Å². The Labute approximate surface area is 71.1 Å². The van der Waals surface area contributed by atoms with Crippen LogP contribution in [0.15, 0.2) is 0 Å². The molecule has 1 aromatic rings. The van der Waals surface area contributed by atoms with E-state index in [0.29, 0.717) is 5.92 Å². The zero-order valence-electron chi connectivity index (χ0n) is 7.19. The number of aromatic nitrogens is 4. The molecule has 5 heteroatoms. The monoisotopic (exact) mass is 167 g/mol. The highest BCUT2D eigenvalue weighted by Crippen LogP contribution is 2.37. The van der Waals surface area contributed by atoms with Gasteiger partial charge in [0.25, 0.3) is 0 Å². The standard InChI is InChI=1S/C7H13N5/c1-8-4-5-12-10-7(9-11-12)6-2-3-6/h6,8H,2-5H2,1H3. The molecule has 0 amide bonds. The molecule has 1 aliphatic carbocycles. The maximum Gasteiger partial charge on any atom is 0.177 e. The lowest BCUT2D eigenvalue weighted by atomic mass is 10.4. The molecule has 0 atom stereocenters. The van der Waals surface area contributed by atoms with Crippen molar-refractivity contribution in [3.8, 4) is 0 Å². The molecule has 0 unspecified atom stereocenters. The summed E-state index contributed by atoms with van der Waals surface area (Å²) in [6.07, 6.45) is 2.47. The largest absolute Gasteiger partial charge is 0.318 e. The van der Waals surface area contributed by atoms with Crippen LogP contribution in [0, 0.1) is 0 Å². The summed E-state index contributed by atoms with van der Waals surface area (Å²) in [7, 11) is 1.92. The van der Waals surface area contributed by atoms with Crippen molar-refractivity contribution >= 4 is 0 Å². The Bertz CT molecular complexity index is 252. The zero-order chi connectivity index (χ0) is 8.39.